The standard InChI is InChI=1S/C24H24O2/c1-26-24(25)23-17-15-22(16-18-23)14-13-21-11-9-20(10-12-21)8-7-19-5-3-2-4-6-19/h2-6,9-12,15-18H,7-8,13-14H2,1H3. The number of carbonyl (C=O) groups is 1. The van der Waals surface area contributed by atoms with Gasteiger partial charge in [-0.2, -0.15) is 0 Å². The van der Waals surface area contributed by atoms with Crippen LogP contribution < -0.4 is 0 Å². The number of methoxy groups -OCH3 is 1. The van der Waals surface area contributed by atoms with Crippen LogP contribution >= 0.6 is 0 Å². The number of aryl methyl sites for hydroxylation is 4. The van der Waals surface area contributed by atoms with Crippen LogP contribution in [-0.2, 0) is 30.4 Å². The molecule has 3 rings (SSSR count). The molecule has 0 aliphatic heterocycles. The first-order chi connectivity index (χ1) is 12.7. The van der Waals surface area contributed by atoms with Crippen molar-refractivity contribution in [2.45, 2.75) is 25.7 Å². The van der Waals surface area contributed by atoms with E-state index in [4.69, 9.17) is 4.74 Å². The van der Waals surface area contributed by atoms with Crippen molar-refractivity contribution in [1.82, 2.24) is 0 Å². The maximum atomic E-state index is 11.5. The zero-order chi connectivity index (χ0) is 18.2. The minimum absolute atomic E-state index is 0.289. The van der Waals surface area contributed by atoms with Crippen molar-refractivity contribution in [3.8, 4) is 0 Å². The van der Waals surface area contributed by atoms with Crippen molar-refractivity contribution < 1.29 is 9.53 Å². The predicted octanol–water partition coefficient (Wildman–Crippen LogP) is 5.04. The van der Waals surface area contributed by atoms with Gasteiger partial charge in [0.25, 0.3) is 0 Å². The van der Waals surface area contributed by atoms with E-state index in [1.54, 1.807) is 0 Å². The summed E-state index contributed by atoms with van der Waals surface area (Å²) in [6.07, 6.45) is 4.10. The molecule has 3 aromatic carbocycles. The van der Waals surface area contributed by atoms with Gasteiger partial charge in [-0.25, -0.2) is 4.79 Å². The molecule has 0 unspecified atom stereocenters. The Balaban J connectivity index is 1.50. The molecule has 3 aromatic rings. The topological polar surface area (TPSA) is 26.3 Å². The van der Waals surface area contributed by atoms with E-state index in [-0.39, 0.29) is 5.97 Å². The molecule has 0 heterocycles. The molecule has 0 saturated carbocycles. The highest BCUT2D eigenvalue weighted by molar-refractivity contribution is 5.89. The lowest BCUT2D eigenvalue weighted by atomic mass is 10.00. The summed E-state index contributed by atoms with van der Waals surface area (Å²) in [4.78, 5) is 11.5. The molecule has 0 radical (unpaired) electrons. The van der Waals surface area contributed by atoms with Crippen LogP contribution in [-0.4, -0.2) is 13.1 Å². The van der Waals surface area contributed by atoms with Gasteiger partial charge in [-0.3, -0.25) is 0 Å². The fraction of sp³-hybridized carbons (Fsp3) is 0.208. The van der Waals surface area contributed by atoms with Crippen molar-refractivity contribution in [3.63, 3.8) is 0 Å². The van der Waals surface area contributed by atoms with Gasteiger partial charge in [-0.1, -0.05) is 66.7 Å². The van der Waals surface area contributed by atoms with Crippen LogP contribution in [0, 0.1) is 0 Å². The first-order valence-electron chi connectivity index (χ1n) is 9.03. The second-order valence-corrected chi connectivity index (χ2v) is 6.49. The van der Waals surface area contributed by atoms with Gasteiger partial charge in [0.2, 0.25) is 0 Å². The monoisotopic (exact) mass is 344 g/mol. The Bertz CT molecular complexity index is 818. The molecule has 2 heteroatoms. The minimum atomic E-state index is -0.289. The Labute approximate surface area is 155 Å². The molecule has 132 valence electrons. The molecule has 0 fully saturated rings. The lowest BCUT2D eigenvalue weighted by Gasteiger charge is -2.06. The van der Waals surface area contributed by atoms with Crippen molar-refractivity contribution >= 4 is 5.97 Å². The van der Waals surface area contributed by atoms with E-state index in [2.05, 4.69) is 54.6 Å². The molecule has 0 spiro atoms. The Morgan fingerprint density at radius 3 is 1.42 bits per heavy atom. The van der Waals surface area contributed by atoms with Gasteiger partial charge in [0.1, 0.15) is 0 Å². The third-order valence-electron chi connectivity index (χ3n) is 4.65. The van der Waals surface area contributed by atoms with Crippen molar-refractivity contribution in [2.75, 3.05) is 7.11 Å². The van der Waals surface area contributed by atoms with Crippen LogP contribution in [0.5, 0.6) is 0 Å². The molecular formula is C24H24O2. The van der Waals surface area contributed by atoms with E-state index in [0.29, 0.717) is 5.56 Å². The first-order valence-corrected chi connectivity index (χ1v) is 9.03. The minimum Gasteiger partial charge on any atom is -0.465 e. The van der Waals surface area contributed by atoms with Gasteiger partial charge in [0, 0.05) is 0 Å². The highest BCUT2D eigenvalue weighted by Gasteiger charge is 2.04. The summed E-state index contributed by atoms with van der Waals surface area (Å²) in [6, 6.07) is 27.2. The second-order valence-electron chi connectivity index (χ2n) is 6.49. The molecule has 0 aliphatic carbocycles. The number of carbonyl (C=O) groups excluding carboxylic acids is 1. The SMILES string of the molecule is COC(=O)c1ccc(CCc2ccc(CCc3ccccc3)cc2)cc1. The normalized spacial score (nSPS) is 10.5. The third kappa shape index (κ3) is 5.06. The molecule has 26 heavy (non-hydrogen) atoms. The van der Waals surface area contributed by atoms with Crippen LogP contribution in [0.3, 0.4) is 0 Å². The van der Waals surface area contributed by atoms with E-state index in [0.717, 1.165) is 25.7 Å². The third-order valence-corrected chi connectivity index (χ3v) is 4.65. The molecule has 0 atom stereocenters. The van der Waals surface area contributed by atoms with E-state index in [1.165, 1.54) is 29.4 Å². The van der Waals surface area contributed by atoms with E-state index in [9.17, 15) is 4.79 Å². The van der Waals surface area contributed by atoms with Gasteiger partial charge >= 0.3 is 5.97 Å². The Morgan fingerprint density at radius 1 is 0.615 bits per heavy atom. The van der Waals surface area contributed by atoms with Gasteiger partial charge in [0.15, 0.2) is 0 Å². The van der Waals surface area contributed by atoms with Gasteiger partial charge in [-0.15, -0.1) is 0 Å². The molecular weight excluding hydrogens is 320 g/mol. The van der Waals surface area contributed by atoms with E-state index in [1.807, 2.05) is 24.3 Å². The largest absolute Gasteiger partial charge is 0.465 e. The summed E-state index contributed by atoms with van der Waals surface area (Å²) in [6.45, 7) is 0. The lowest BCUT2D eigenvalue weighted by molar-refractivity contribution is 0.0600. The first kappa shape index (κ1) is 17.9. The van der Waals surface area contributed by atoms with Crippen LogP contribution in [0.1, 0.15) is 32.6 Å². The number of benzene rings is 3. The number of hydrogen-bond acceptors (Lipinski definition) is 2. The van der Waals surface area contributed by atoms with Crippen LogP contribution in [0.4, 0.5) is 0 Å². The fourth-order valence-electron chi connectivity index (χ4n) is 3.02. The molecule has 0 N–H and O–H groups in total. The fourth-order valence-corrected chi connectivity index (χ4v) is 3.02. The van der Waals surface area contributed by atoms with Crippen molar-refractivity contribution in [2.24, 2.45) is 0 Å². The Morgan fingerprint density at radius 2 is 1.00 bits per heavy atom. The second kappa shape index (κ2) is 9.00. The average molecular weight is 344 g/mol. The van der Waals surface area contributed by atoms with Gasteiger partial charge in [-0.05, 0) is 60.1 Å². The van der Waals surface area contributed by atoms with Gasteiger partial charge < -0.3 is 4.74 Å². The maximum Gasteiger partial charge on any atom is 0.337 e. The van der Waals surface area contributed by atoms with Crippen LogP contribution in [0.2, 0.25) is 0 Å². The average Bonchev–Trinajstić information content (AvgIpc) is 2.72. The van der Waals surface area contributed by atoms with Crippen molar-refractivity contribution in [3.05, 3.63) is 107 Å². The summed E-state index contributed by atoms with van der Waals surface area (Å²) in [5.74, 6) is -0.289. The molecule has 0 aromatic heterocycles. The van der Waals surface area contributed by atoms with Gasteiger partial charge in [0.05, 0.1) is 12.7 Å². The maximum absolute atomic E-state index is 11.5. The Hall–Kier alpha value is -2.87. The summed E-state index contributed by atoms with van der Waals surface area (Å²) in [5, 5.41) is 0. The highest BCUT2D eigenvalue weighted by atomic mass is 16.5. The number of hydrogen-bond donors (Lipinski definition) is 0. The smallest absolute Gasteiger partial charge is 0.337 e. The molecule has 0 aliphatic rings. The highest BCUT2D eigenvalue weighted by Crippen LogP contribution is 2.13. The summed E-state index contributed by atoms with van der Waals surface area (Å²) in [7, 11) is 1.40. The predicted molar refractivity (Wildman–Crippen MR) is 105 cm³/mol. The number of ether oxygens (including phenoxy) is 1. The summed E-state index contributed by atoms with van der Waals surface area (Å²) >= 11 is 0. The summed E-state index contributed by atoms with van der Waals surface area (Å²) < 4.78 is 4.73. The number of rotatable bonds is 7. The zero-order valence-corrected chi connectivity index (χ0v) is 15.2. The zero-order valence-electron chi connectivity index (χ0n) is 15.2. The van der Waals surface area contributed by atoms with Crippen LogP contribution in [0.25, 0.3) is 0 Å². The Kier molecular flexibility index (Phi) is 6.21. The van der Waals surface area contributed by atoms with E-state index < -0.39 is 0 Å². The molecule has 0 amide bonds. The van der Waals surface area contributed by atoms with Crippen molar-refractivity contribution in [1.29, 1.82) is 0 Å². The van der Waals surface area contributed by atoms with Crippen LogP contribution in [0.15, 0.2) is 78.9 Å². The molecule has 2 nitrogen and oxygen atoms in total. The lowest BCUT2D eigenvalue weighted by Crippen LogP contribution is -2.01. The summed E-state index contributed by atoms with van der Waals surface area (Å²) in [5.41, 5.74) is 5.92. The molecule has 0 saturated heterocycles. The number of esters is 1. The van der Waals surface area contributed by atoms with E-state index >= 15 is 0 Å². The quantitative estimate of drug-likeness (QED) is 0.561. The molecule has 0 bridgehead atoms.